The first kappa shape index (κ1) is 20.5. The average molecular weight is 433 g/mol. The number of aryl methyl sites for hydroxylation is 1. The minimum Gasteiger partial charge on any atom is -0.496 e. The summed E-state index contributed by atoms with van der Waals surface area (Å²) in [6.45, 7) is 3.07. The molecule has 1 saturated carbocycles. The molecule has 2 heterocycles. The van der Waals surface area contributed by atoms with Crippen molar-refractivity contribution in [3.8, 4) is 17.0 Å². The summed E-state index contributed by atoms with van der Waals surface area (Å²) < 4.78 is 5.64. The monoisotopic (exact) mass is 432 g/mol. The van der Waals surface area contributed by atoms with Crippen LogP contribution in [-0.4, -0.2) is 52.5 Å². The molecule has 1 unspecified atom stereocenters. The summed E-state index contributed by atoms with van der Waals surface area (Å²) in [6.07, 6.45) is 3.32. The zero-order valence-electron chi connectivity index (χ0n) is 18.5. The van der Waals surface area contributed by atoms with Crippen molar-refractivity contribution in [2.45, 2.75) is 44.6 Å². The number of amides is 1. The summed E-state index contributed by atoms with van der Waals surface area (Å²) in [6, 6.07) is 12.7. The van der Waals surface area contributed by atoms with Gasteiger partial charge in [0.1, 0.15) is 11.4 Å². The number of piperidine rings is 1. The second kappa shape index (κ2) is 8.30. The average Bonchev–Trinajstić information content (AvgIpc) is 3.65. The van der Waals surface area contributed by atoms with Crippen LogP contribution in [0.25, 0.3) is 22.0 Å². The predicted octanol–water partition coefficient (Wildman–Crippen LogP) is 5.05. The van der Waals surface area contributed by atoms with E-state index in [-0.39, 0.29) is 6.04 Å². The molecule has 1 saturated heterocycles. The van der Waals surface area contributed by atoms with E-state index in [1.807, 2.05) is 19.1 Å². The van der Waals surface area contributed by atoms with E-state index in [1.54, 1.807) is 7.11 Å². The van der Waals surface area contributed by atoms with Crippen LogP contribution in [0.15, 0.2) is 36.4 Å². The number of methoxy groups -OCH3 is 1. The smallest absolute Gasteiger partial charge is 0.407 e. The Morgan fingerprint density at radius 1 is 1.12 bits per heavy atom. The van der Waals surface area contributed by atoms with Crippen LogP contribution < -0.4 is 10.1 Å². The first-order chi connectivity index (χ1) is 15.5. The maximum absolute atomic E-state index is 11.4. The number of hydrogen-bond acceptors (Lipinski definition) is 5. The third-order valence-electron chi connectivity index (χ3n) is 6.50. The van der Waals surface area contributed by atoms with E-state index in [2.05, 4.69) is 39.8 Å². The van der Waals surface area contributed by atoms with Gasteiger partial charge >= 0.3 is 6.09 Å². The Kier molecular flexibility index (Phi) is 5.33. The van der Waals surface area contributed by atoms with Gasteiger partial charge in [0.2, 0.25) is 0 Å². The van der Waals surface area contributed by atoms with Gasteiger partial charge in [-0.3, -0.25) is 0 Å². The maximum atomic E-state index is 11.4. The van der Waals surface area contributed by atoms with Crippen molar-refractivity contribution < 1.29 is 14.6 Å². The molecule has 3 aromatic rings. The van der Waals surface area contributed by atoms with Crippen molar-refractivity contribution in [1.29, 1.82) is 0 Å². The number of likely N-dealkylation sites (tertiary alicyclic amines) is 1. The first-order valence-electron chi connectivity index (χ1n) is 11.2. The number of aromatic nitrogens is 2. The second-order valence-electron chi connectivity index (χ2n) is 8.89. The largest absolute Gasteiger partial charge is 0.496 e. The number of ether oxygens (including phenoxy) is 1. The molecule has 1 aliphatic heterocycles. The molecule has 166 valence electrons. The minimum atomic E-state index is -0.870. The number of rotatable bonds is 5. The van der Waals surface area contributed by atoms with E-state index in [0.717, 1.165) is 52.0 Å². The standard InChI is InChI=1S/C25H28N4O3/c1-15-5-9-20(22(12-15)32-2)23-19-10-8-17(16-6-7-16)13-21(19)24(28-27-23)26-18-4-3-11-29(14-18)25(30)31/h5,8-10,12-13,16,18H,3-4,6-7,11,14H2,1-2H3,(H,26,28)(H,30,31). The van der Waals surface area contributed by atoms with E-state index in [1.165, 1.54) is 23.3 Å². The van der Waals surface area contributed by atoms with Crippen molar-refractivity contribution in [3.05, 3.63) is 47.5 Å². The molecular formula is C25H28N4O3. The molecule has 1 aromatic heterocycles. The van der Waals surface area contributed by atoms with Crippen molar-refractivity contribution in [2.24, 2.45) is 0 Å². The van der Waals surface area contributed by atoms with Gasteiger partial charge in [0.05, 0.1) is 7.11 Å². The Bertz CT molecular complexity index is 1180. The topological polar surface area (TPSA) is 87.6 Å². The molecular weight excluding hydrogens is 404 g/mol. The highest BCUT2D eigenvalue weighted by Gasteiger charge is 2.27. The number of nitrogens with zero attached hydrogens (tertiary/aromatic N) is 3. The van der Waals surface area contributed by atoms with Crippen molar-refractivity contribution in [3.63, 3.8) is 0 Å². The molecule has 7 nitrogen and oxygen atoms in total. The van der Waals surface area contributed by atoms with E-state index < -0.39 is 6.09 Å². The van der Waals surface area contributed by atoms with Crippen molar-refractivity contribution in [1.82, 2.24) is 15.1 Å². The lowest BCUT2D eigenvalue weighted by atomic mass is 9.99. The number of fused-ring (bicyclic) bond motifs is 1. The number of benzene rings is 2. The number of hydrogen-bond donors (Lipinski definition) is 2. The molecule has 2 aliphatic rings. The summed E-state index contributed by atoms with van der Waals surface area (Å²) in [7, 11) is 1.67. The van der Waals surface area contributed by atoms with Gasteiger partial charge in [0.15, 0.2) is 5.82 Å². The first-order valence-corrected chi connectivity index (χ1v) is 11.2. The Labute approximate surface area is 187 Å². The summed E-state index contributed by atoms with van der Waals surface area (Å²) >= 11 is 0. The lowest BCUT2D eigenvalue weighted by molar-refractivity contribution is 0.133. The SMILES string of the molecule is COc1cc(C)ccc1-c1nnc(NC2CCCN(C(=O)O)C2)c2cc(C3CC3)ccc12. The fourth-order valence-electron chi connectivity index (χ4n) is 4.60. The summed E-state index contributed by atoms with van der Waals surface area (Å²) in [5.41, 5.74) is 4.15. The Morgan fingerprint density at radius 2 is 1.97 bits per heavy atom. The van der Waals surface area contributed by atoms with Gasteiger partial charge in [-0.25, -0.2) is 4.79 Å². The summed E-state index contributed by atoms with van der Waals surface area (Å²) in [5.74, 6) is 2.11. The number of anilines is 1. The van der Waals surface area contributed by atoms with Gasteiger partial charge in [0, 0.05) is 35.5 Å². The van der Waals surface area contributed by atoms with Crippen LogP contribution in [0.1, 0.15) is 42.7 Å². The Hall–Kier alpha value is -3.35. The fraction of sp³-hybridized carbons (Fsp3) is 0.400. The third-order valence-corrected chi connectivity index (χ3v) is 6.50. The van der Waals surface area contributed by atoms with E-state index in [4.69, 9.17) is 4.74 Å². The van der Waals surface area contributed by atoms with Gasteiger partial charge in [-0.05, 0) is 67.9 Å². The van der Waals surface area contributed by atoms with Gasteiger partial charge in [-0.1, -0.05) is 18.2 Å². The van der Waals surface area contributed by atoms with Crippen molar-refractivity contribution >= 4 is 22.7 Å². The molecule has 5 rings (SSSR count). The molecule has 2 N–H and O–H groups in total. The zero-order valence-corrected chi connectivity index (χ0v) is 18.5. The van der Waals surface area contributed by atoms with Gasteiger partial charge < -0.3 is 20.1 Å². The van der Waals surface area contributed by atoms with E-state index in [9.17, 15) is 9.90 Å². The van der Waals surface area contributed by atoms with Crippen molar-refractivity contribution in [2.75, 3.05) is 25.5 Å². The van der Waals surface area contributed by atoms with E-state index in [0.29, 0.717) is 19.0 Å². The molecule has 0 spiro atoms. The highest BCUT2D eigenvalue weighted by molar-refractivity contribution is 6.01. The quantitative estimate of drug-likeness (QED) is 0.587. The van der Waals surface area contributed by atoms with Gasteiger partial charge in [0.25, 0.3) is 0 Å². The normalized spacial score (nSPS) is 18.6. The van der Waals surface area contributed by atoms with E-state index >= 15 is 0 Å². The number of carboxylic acid groups (broad SMARTS) is 1. The second-order valence-corrected chi connectivity index (χ2v) is 8.89. The molecule has 7 heteroatoms. The lowest BCUT2D eigenvalue weighted by Crippen LogP contribution is -2.44. The van der Waals surface area contributed by atoms with Crippen LogP contribution in [0.3, 0.4) is 0 Å². The lowest BCUT2D eigenvalue weighted by Gasteiger charge is -2.31. The molecule has 32 heavy (non-hydrogen) atoms. The van der Waals surface area contributed by atoms with Crippen LogP contribution in [0.5, 0.6) is 5.75 Å². The highest BCUT2D eigenvalue weighted by atomic mass is 16.5. The zero-order chi connectivity index (χ0) is 22.2. The summed E-state index contributed by atoms with van der Waals surface area (Å²) in [4.78, 5) is 12.9. The van der Waals surface area contributed by atoms with Gasteiger partial charge in [-0.2, -0.15) is 0 Å². The van der Waals surface area contributed by atoms with Crippen LogP contribution in [-0.2, 0) is 0 Å². The van der Waals surface area contributed by atoms with Crippen LogP contribution >= 0.6 is 0 Å². The summed E-state index contributed by atoms with van der Waals surface area (Å²) in [5, 5.41) is 24.1. The molecule has 2 fully saturated rings. The molecule has 1 atom stereocenters. The maximum Gasteiger partial charge on any atom is 0.407 e. The Morgan fingerprint density at radius 3 is 2.72 bits per heavy atom. The van der Waals surface area contributed by atoms with Gasteiger partial charge in [-0.15, -0.1) is 10.2 Å². The van der Waals surface area contributed by atoms with Crippen LogP contribution in [0, 0.1) is 6.92 Å². The molecule has 1 amide bonds. The molecule has 0 bridgehead atoms. The molecule has 1 aliphatic carbocycles. The number of carbonyl (C=O) groups is 1. The molecule has 2 aromatic carbocycles. The molecule has 0 radical (unpaired) electrons. The minimum absolute atomic E-state index is 0.0155. The number of nitrogens with one attached hydrogen (secondary N) is 1. The van der Waals surface area contributed by atoms with Crippen LogP contribution in [0.2, 0.25) is 0 Å². The Balaban J connectivity index is 1.58. The highest BCUT2D eigenvalue weighted by Crippen LogP contribution is 2.43. The third kappa shape index (κ3) is 3.95. The van der Waals surface area contributed by atoms with Crippen LogP contribution in [0.4, 0.5) is 10.6 Å². The fourth-order valence-corrected chi connectivity index (χ4v) is 4.60. The predicted molar refractivity (Wildman–Crippen MR) is 124 cm³/mol.